The molecule has 6 nitrogen and oxygen atoms in total. The lowest BCUT2D eigenvalue weighted by molar-refractivity contribution is 0.481. The molecule has 0 heterocycles. The van der Waals surface area contributed by atoms with E-state index in [1.165, 1.54) is 0 Å². The first-order chi connectivity index (χ1) is 4.15. The van der Waals surface area contributed by atoms with Crippen LogP contribution in [-0.2, 0) is 27.3 Å². The summed E-state index contributed by atoms with van der Waals surface area (Å²) < 4.78 is 57.6. The molecular weight excluding hydrogens is 204 g/mol. The summed E-state index contributed by atoms with van der Waals surface area (Å²) in [5.41, 5.74) is 0. The first-order valence-corrected chi connectivity index (χ1v) is 7.27. The first-order valence-electron chi connectivity index (χ1n) is 1.76. The third-order valence-corrected chi connectivity index (χ3v) is 8.30. The van der Waals surface area contributed by atoms with Crippen LogP contribution in [-0.4, -0.2) is 32.2 Å². The summed E-state index contributed by atoms with van der Waals surface area (Å²) in [4.78, 5) is 0. The molecule has 0 aliphatic carbocycles. The molecule has 0 amide bonds. The van der Waals surface area contributed by atoms with Crippen LogP contribution in [0.2, 0.25) is 0 Å². The number of hydrogen-bond acceptors (Lipinski definition) is 5. The Bertz CT molecular complexity index is 262. The molecule has 0 saturated heterocycles. The van der Waals surface area contributed by atoms with Crippen LogP contribution >= 0.6 is 0 Å². The maximum atomic E-state index is 9.97. The summed E-state index contributed by atoms with van der Waals surface area (Å²) in [6.07, 6.45) is 0.623. The van der Waals surface area contributed by atoms with Crippen LogP contribution in [0.5, 0.6) is 0 Å². The molecule has 0 spiro atoms. The summed E-state index contributed by atoms with van der Waals surface area (Å²) in [6, 6.07) is 0. The van der Waals surface area contributed by atoms with E-state index >= 15 is 0 Å². The van der Waals surface area contributed by atoms with Crippen molar-refractivity contribution in [2.24, 2.45) is 0 Å². The van der Waals surface area contributed by atoms with E-state index in [2.05, 4.69) is 0 Å². The Labute approximate surface area is 59.9 Å². The van der Waals surface area contributed by atoms with Crippen LogP contribution in [0.3, 0.4) is 0 Å². The van der Waals surface area contributed by atoms with Gasteiger partial charge in [0.1, 0.15) is 6.26 Å². The van der Waals surface area contributed by atoms with Gasteiger partial charge in [0, 0.05) is 0 Å². The third-order valence-electron chi connectivity index (χ3n) is 0.584. The monoisotopic (exact) mass is 208 g/mol. The first kappa shape index (κ1) is 10.2. The molecule has 0 radical (unpaired) electrons. The fraction of sp³-hybridized carbons (Fsp3) is 1.00. The van der Waals surface area contributed by atoms with Crippen LogP contribution in [0.4, 0.5) is 0 Å². The van der Waals surface area contributed by atoms with E-state index in [1.54, 1.807) is 0 Å². The quantitative estimate of drug-likeness (QED) is 0.335. The predicted molar refractivity (Wildman–Crippen MR) is 34.5 cm³/mol. The normalized spacial score (nSPS) is 16.7. The van der Waals surface area contributed by atoms with Gasteiger partial charge in [0.2, 0.25) is 8.96 Å². The van der Waals surface area contributed by atoms with E-state index in [1.807, 2.05) is 0 Å². The zero-order valence-electron chi connectivity index (χ0n) is 4.71. The fourth-order valence-corrected chi connectivity index (χ4v) is 2.84. The minimum Gasteiger partial charge on any atom is -0.706 e. The summed E-state index contributed by atoms with van der Waals surface area (Å²) in [6.45, 7) is 0. The zero-order chi connectivity index (χ0) is 8.58. The highest BCUT2D eigenvalue weighted by atomic mass is 33.6. The maximum Gasteiger partial charge on any atom is 0.462 e. The van der Waals surface area contributed by atoms with E-state index < -0.39 is 27.3 Å². The molecule has 0 bridgehead atoms. The van der Waals surface area contributed by atoms with Gasteiger partial charge in [-0.1, -0.05) is 0 Å². The molecule has 1 atom stereocenters. The molecule has 0 aromatic heterocycles. The molecule has 1 unspecified atom stereocenters. The fourth-order valence-electron chi connectivity index (χ4n) is 0.105. The van der Waals surface area contributed by atoms with Crippen molar-refractivity contribution in [3.05, 3.63) is 0 Å². The van der Waals surface area contributed by atoms with Gasteiger partial charge in [-0.15, -0.1) is 8.42 Å². The van der Waals surface area contributed by atoms with Gasteiger partial charge in [-0.3, -0.25) is 0 Å². The largest absolute Gasteiger partial charge is 0.706 e. The van der Waals surface area contributed by atoms with Gasteiger partial charge in [-0.2, -0.15) is 8.42 Å². The molecule has 0 aromatic carbocycles. The Balaban J connectivity index is 4.94. The molecule has 62 valence electrons. The van der Waals surface area contributed by atoms with Gasteiger partial charge < -0.3 is 4.55 Å². The lowest BCUT2D eigenvalue weighted by Gasteiger charge is -2.00. The highest BCUT2D eigenvalue weighted by Crippen LogP contribution is 2.07. The van der Waals surface area contributed by atoms with Crippen molar-refractivity contribution in [1.29, 1.82) is 0 Å². The Morgan fingerprint density at radius 3 is 1.60 bits per heavy atom. The van der Waals surface area contributed by atoms with Gasteiger partial charge in [-0.25, -0.2) is 4.55 Å². The van der Waals surface area contributed by atoms with Crippen LogP contribution < -0.4 is 0 Å². The second-order valence-corrected chi connectivity index (χ2v) is 9.83. The minimum absolute atomic E-state index is 0.623. The van der Waals surface area contributed by atoms with E-state index in [0.717, 1.165) is 0 Å². The van der Waals surface area contributed by atoms with Crippen molar-refractivity contribution in [2.75, 3.05) is 6.26 Å². The standard InChI is InChI=1S/CH4O6S3/c1-8(9(2,3)4)10(5,6)7/h1H3,(H-,2,3,4,5,6,7). The average Bonchev–Trinajstić information content (AvgIpc) is 1.59. The van der Waals surface area contributed by atoms with E-state index in [0.29, 0.717) is 6.26 Å². The van der Waals surface area contributed by atoms with E-state index in [-0.39, 0.29) is 0 Å². The lowest BCUT2D eigenvalue weighted by atomic mass is 12.0. The highest BCUT2D eigenvalue weighted by Gasteiger charge is 2.35. The van der Waals surface area contributed by atoms with Gasteiger partial charge in [0.15, 0.2) is 0 Å². The molecule has 1 N–H and O–H groups in total. The van der Waals surface area contributed by atoms with Crippen LogP contribution in [0.1, 0.15) is 0 Å². The maximum absolute atomic E-state index is 9.97. The molecule has 0 rings (SSSR count). The van der Waals surface area contributed by atoms with Crippen molar-refractivity contribution in [3.63, 3.8) is 0 Å². The SMILES string of the molecule is C[S+](S(=O)(=O)[O-])S(=O)(=O)O. The molecular formula is CH4O6S3. The van der Waals surface area contributed by atoms with Gasteiger partial charge in [0.05, 0.1) is 0 Å². The number of hydrogen-bond donors (Lipinski definition) is 1. The topological polar surface area (TPSA) is 112 Å². The smallest absolute Gasteiger partial charge is 0.462 e. The summed E-state index contributed by atoms with van der Waals surface area (Å²) in [7, 11) is -12.2. The number of rotatable bonds is 2. The van der Waals surface area contributed by atoms with E-state index in [4.69, 9.17) is 4.55 Å². The van der Waals surface area contributed by atoms with Crippen LogP contribution in [0.15, 0.2) is 0 Å². The molecule has 0 saturated carbocycles. The van der Waals surface area contributed by atoms with Crippen LogP contribution in [0, 0.1) is 0 Å². The van der Waals surface area contributed by atoms with Crippen molar-refractivity contribution < 1.29 is 25.9 Å². The molecule has 10 heavy (non-hydrogen) atoms. The van der Waals surface area contributed by atoms with Gasteiger partial charge in [0.25, 0.3) is 9.15 Å². The van der Waals surface area contributed by atoms with Crippen molar-refractivity contribution in [2.45, 2.75) is 0 Å². The second-order valence-electron chi connectivity index (χ2n) is 1.24. The second kappa shape index (κ2) is 2.66. The molecule has 0 aliphatic rings. The summed E-state index contributed by atoms with van der Waals surface area (Å²) in [5.74, 6) is 0. The third kappa shape index (κ3) is 2.84. The lowest BCUT2D eigenvalue weighted by Crippen LogP contribution is -2.22. The van der Waals surface area contributed by atoms with E-state index in [9.17, 15) is 21.4 Å². The molecule has 0 fully saturated rings. The van der Waals surface area contributed by atoms with Crippen molar-refractivity contribution in [3.8, 4) is 0 Å². The Kier molecular flexibility index (Phi) is 2.70. The predicted octanol–water partition coefficient (Wildman–Crippen LogP) is -1.50. The molecule has 0 aromatic rings. The van der Waals surface area contributed by atoms with Crippen molar-refractivity contribution in [1.82, 2.24) is 0 Å². The molecule has 9 heteroatoms. The van der Waals surface area contributed by atoms with Crippen LogP contribution in [0.25, 0.3) is 0 Å². The van der Waals surface area contributed by atoms with Gasteiger partial charge in [-0.05, 0) is 0 Å². The zero-order valence-corrected chi connectivity index (χ0v) is 7.16. The van der Waals surface area contributed by atoms with Crippen molar-refractivity contribution >= 4 is 27.3 Å². The Morgan fingerprint density at radius 1 is 1.30 bits per heavy atom. The summed E-state index contributed by atoms with van der Waals surface area (Å²) in [5, 5.41) is 0. The Morgan fingerprint density at radius 2 is 1.60 bits per heavy atom. The Hall–Kier alpha value is 0.170. The minimum atomic E-state index is -4.92. The summed E-state index contributed by atoms with van der Waals surface area (Å²) >= 11 is 0. The molecule has 0 aliphatic heterocycles. The highest BCUT2D eigenvalue weighted by molar-refractivity contribution is 8.98. The van der Waals surface area contributed by atoms with Gasteiger partial charge >= 0.3 is 9.15 Å². The average molecular weight is 208 g/mol.